The Morgan fingerprint density at radius 1 is 1.67 bits per heavy atom. The van der Waals surface area contributed by atoms with E-state index in [9.17, 15) is 8.76 Å². The Balaban J connectivity index is 3.86. The Kier molecular flexibility index (Phi) is 6.94. The van der Waals surface area contributed by atoms with Gasteiger partial charge in [0.25, 0.3) is 0 Å². The van der Waals surface area contributed by atoms with E-state index < -0.39 is 11.1 Å². The van der Waals surface area contributed by atoms with Crippen LogP contribution >= 0.6 is 0 Å². The second kappa shape index (κ2) is 7.21. The van der Waals surface area contributed by atoms with Gasteiger partial charge in [0.05, 0.1) is 0 Å². The van der Waals surface area contributed by atoms with Gasteiger partial charge in [-0.2, -0.15) is 0 Å². The summed E-state index contributed by atoms with van der Waals surface area (Å²) >= 11 is -1.97. The molecule has 0 aromatic rings. The molecule has 4 heteroatoms. The van der Waals surface area contributed by atoms with Crippen LogP contribution in [0, 0.1) is 0 Å². The first kappa shape index (κ1) is 11.6. The SMILES string of the molecule is C/C=C(\C=C/CS(=O)[O-])CNC. The smallest absolute Gasteiger partial charge is 0.0285 e. The highest BCUT2D eigenvalue weighted by Gasteiger charge is 1.86. The molecular formula is C8H14NO2S-. The molecule has 1 N–H and O–H groups in total. The molecule has 0 aromatic heterocycles. The molecule has 0 aliphatic carbocycles. The third kappa shape index (κ3) is 6.27. The summed E-state index contributed by atoms with van der Waals surface area (Å²) in [6.07, 6.45) is 5.39. The summed E-state index contributed by atoms with van der Waals surface area (Å²) < 4.78 is 20.3. The molecule has 0 spiro atoms. The minimum atomic E-state index is -1.97. The lowest BCUT2D eigenvalue weighted by Crippen LogP contribution is -2.09. The molecule has 0 fully saturated rings. The van der Waals surface area contributed by atoms with Crippen LogP contribution in [0.4, 0.5) is 0 Å². The molecule has 12 heavy (non-hydrogen) atoms. The van der Waals surface area contributed by atoms with Crippen LogP contribution in [0.1, 0.15) is 6.92 Å². The Bertz CT molecular complexity index is 199. The first-order valence-corrected chi connectivity index (χ1v) is 4.97. The zero-order valence-corrected chi connectivity index (χ0v) is 8.19. The first-order chi connectivity index (χ1) is 5.70. The van der Waals surface area contributed by atoms with Crippen LogP contribution in [0.15, 0.2) is 23.8 Å². The van der Waals surface area contributed by atoms with Crippen LogP contribution in [0.5, 0.6) is 0 Å². The summed E-state index contributed by atoms with van der Waals surface area (Å²) in [4.78, 5) is 0. The molecule has 0 amide bonds. The van der Waals surface area contributed by atoms with E-state index >= 15 is 0 Å². The van der Waals surface area contributed by atoms with Crippen molar-refractivity contribution in [1.82, 2.24) is 5.32 Å². The zero-order chi connectivity index (χ0) is 9.40. The van der Waals surface area contributed by atoms with Gasteiger partial charge in [0.2, 0.25) is 0 Å². The molecule has 3 nitrogen and oxygen atoms in total. The Hall–Kier alpha value is -0.450. The lowest BCUT2D eigenvalue weighted by Gasteiger charge is -2.00. The van der Waals surface area contributed by atoms with E-state index in [1.165, 1.54) is 0 Å². The molecule has 0 bridgehead atoms. The molecular weight excluding hydrogens is 174 g/mol. The third-order valence-electron chi connectivity index (χ3n) is 1.32. The summed E-state index contributed by atoms with van der Waals surface area (Å²) in [5.74, 6) is 0.0844. The predicted octanol–water partition coefficient (Wildman–Crippen LogP) is 0.587. The quantitative estimate of drug-likeness (QED) is 0.507. The fourth-order valence-electron chi connectivity index (χ4n) is 0.739. The summed E-state index contributed by atoms with van der Waals surface area (Å²) in [6, 6.07) is 0. The van der Waals surface area contributed by atoms with Gasteiger partial charge < -0.3 is 9.87 Å². The lowest BCUT2D eigenvalue weighted by atomic mass is 10.2. The van der Waals surface area contributed by atoms with E-state index in [1.54, 1.807) is 6.08 Å². The van der Waals surface area contributed by atoms with Crippen molar-refractivity contribution in [2.24, 2.45) is 0 Å². The van der Waals surface area contributed by atoms with Gasteiger partial charge in [0.15, 0.2) is 0 Å². The van der Waals surface area contributed by atoms with E-state index in [2.05, 4.69) is 5.32 Å². The van der Waals surface area contributed by atoms with Crippen molar-refractivity contribution < 1.29 is 8.76 Å². The first-order valence-electron chi connectivity index (χ1n) is 3.73. The van der Waals surface area contributed by atoms with Crippen LogP contribution in [0.2, 0.25) is 0 Å². The lowest BCUT2D eigenvalue weighted by molar-refractivity contribution is 0.540. The van der Waals surface area contributed by atoms with Crippen LogP contribution < -0.4 is 5.32 Å². The van der Waals surface area contributed by atoms with Gasteiger partial charge >= 0.3 is 0 Å². The van der Waals surface area contributed by atoms with Gasteiger partial charge in [-0.3, -0.25) is 4.21 Å². The fourth-order valence-corrected chi connectivity index (χ4v) is 0.993. The number of allylic oxidation sites excluding steroid dienone is 1. The highest BCUT2D eigenvalue weighted by Crippen LogP contribution is 1.94. The highest BCUT2D eigenvalue weighted by molar-refractivity contribution is 7.79. The average Bonchev–Trinajstić information content (AvgIpc) is 2.02. The van der Waals surface area contributed by atoms with Crippen molar-refractivity contribution in [2.75, 3.05) is 19.3 Å². The monoisotopic (exact) mass is 188 g/mol. The summed E-state index contributed by atoms with van der Waals surface area (Å²) in [6.45, 7) is 2.68. The molecule has 70 valence electrons. The van der Waals surface area contributed by atoms with Crippen LogP contribution in [0.25, 0.3) is 0 Å². The molecule has 0 rings (SSSR count). The minimum Gasteiger partial charge on any atom is -0.772 e. The van der Waals surface area contributed by atoms with Crippen molar-refractivity contribution in [3.63, 3.8) is 0 Å². The van der Waals surface area contributed by atoms with Crippen LogP contribution in [-0.2, 0) is 11.1 Å². The molecule has 1 unspecified atom stereocenters. The maximum absolute atomic E-state index is 10.1. The van der Waals surface area contributed by atoms with Crippen molar-refractivity contribution >= 4 is 11.1 Å². The minimum absolute atomic E-state index is 0.0844. The molecule has 0 heterocycles. The molecule has 0 aromatic carbocycles. The second-order valence-corrected chi connectivity index (χ2v) is 3.21. The maximum atomic E-state index is 10.1. The van der Waals surface area contributed by atoms with E-state index in [1.807, 2.05) is 26.1 Å². The fraction of sp³-hybridized carbons (Fsp3) is 0.500. The van der Waals surface area contributed by atoms with E-state index in [4.69, 9.17) is 0 Å². The van der Waals surface area contributed by atoms with Crippen molar-refractivity contribution in [3.8, 4) is 0 Å². The van der Waals surface area contributed by atoms with Gasteiger partial charge in [-0.1, -0.05) is 29.3 Å². The highest BCUT2D eigenvalue weighted by atomic mass is 32.2. The largest absolute Gasteiger partial charge is 0.772 e. The Labute approximate surface area is 75.8 Å². The zero-order valence-electron chi connectivity index (χ0n) is 7.37. The molecule has 0 saturated heterocycles. The normalized spacial score (nSPS) is 15.4. The molecule has 0 radical (unpaired) electrons. The van der Waals surface area contributed by atoms with E-state index in [0.717, 1.165) is 12.1 Å². The maximum Gasteiger partial charge on any atom is 0.0285 e. The van der Waals surface area contributed by atoms with Crippen LogP contribution in [0.3, 0.4) is 0 Å². The number of hydrogen-bond donors (Lipinski definition) is 1. The van der Waals surface area contributed by atoms with Gasteiger partial charge in [-0.05, 0) is 19.5 Å². The van der Waals surface area contributed by atoms with Gasteiger partial charge in [-0.25, -0.2) is 0 Å². The Morgan fingerprint density at radius 2 is 2.33 bits per heavy atom. The van der Waals surface area contributed by atoms with Crippen LogP contribution in [-0.4, -0.2) is 28.1 Å². The van der Waals surface area contributed by atoms with E-state index in [0.29, 0.717) is 0 Å². The Morgan fingerprint density at radius 3 is 2.75 bits per heavy atom. The number of rotatable bonds is 5. The standard InChI is InChI=1S/C8H15NO2S/c1-3-8(7-9-2)5-4-6-12(10)11/h3-5,9H,6-7H2,1-2H3,(H,10,11)/p-1/b5-4-,8-3+. The van der Waals surface area contributed by atoms with Crippen molar-refractivity contribution in [1.29, 1.82) is 0 Å². The summed E-state index contributed by atoms with van der Waals surface area (Å²) in [5.41, 5.74) is 1.09. The summed E-state index contributed by atoms with van der Waals surface area (Å²) in [7, 11) is 1.85. The topological polar surface area (TPSA) is 52.2 Å². The van der Waals surface area contributed by atoms with Crippen molar-refractivity contribution in [3.05, 3.63) is 23.8 Å². The van der Waals surface area contributed by atoms with Gasteiger partial charge in [0.1, 0.15) is 0 Å². The van der Waals surface area contributed by atoms with E-state index in [-0.39, 0.29) is 5.75 Å². The summed E-state index contributed by atoms with van der Waals surface area (Å²) in [5, 5.41) is 2.98. The molecule has 0 saturated carbocycles. The predicted molar refractivity (Wildman–Crippen MR) is 50.6 cm³/mol. The average molecular weight is 188 g/mol. The van der Waals surface area contributed by atoms with Gasteiger partial charge in [0, 0.05) is 12.3 Å². The number of nitrogens with one attached hydrogen (secondary N) is 1. The second-order valence-electron chi connectivity index (χ2n) is 2.27. The van der Waals surface area contributed by atoms with Crippen molar-refractivity contribution in [2.45, 2.75) is 6.92 Å². The number of hydrogen-bond acceptors (Lipinski definition) is 3. The molecule has 0 aliphatic heterocycles. The molecule has 0 aliphatic rings. The third-order valence-corrected chi connectivity index (χ3v) is 1.78. The molecule has 1 atom stereocenters. The number of likely N-dealkylation sites (N-methyl/N-ethyl adjacent to an activating group) is 1. The van der Waals surface area contributed by atoms with Gasteiger partial charge in [-0.15, -0.1) is 0 Å².